The van der Waals surface area contributed by atoms with Crippen LogP contribution in [-0.2, 0) is 16.0 Å². The molecule has 1 saturated heterocycles. The fourth-order valence-corrected chi connectivity index (χ4v) is 3.32. The van der Waals surface area contributed by atoms with Gasteiger partial charge in [0.05, 0.1) is 19.4 Å². The van der Waals surface area contributed by atoms with Gasteiger partial charge in [-0.1, -0.05) is 12.1 Å². The lowest BCUT2D eigenvalue weighted by molar-refractivity contribution is -0.147. The highest BCUT2D eigenvalue weighted by Gasteiger charge is 2.34. The smallest absolute Gasteiger partial charge is 0.327 e. The Hall–Kier alpha value is -1.69. The quantitative estimate of drug-likeness (QED) is 0.912. The van der Waals surface area contributed by atoms with Crippen molar-refractivity contribution in [2.45, 2.75) is 19.4 Å². The van der Waals surface area contributed by atoms with E-state index in [1.54, 1.807) is 7.11 Å². The summed E-state index contributed by atoms with van der Waals surface area (Å²) in [7, 11) is 1.59. The molecule has 0 aliphatic carbocycles. The third-order valence-corrected chi connectivity index (χ3v) is 4.33. The largest absolute Gasteiger partial charge is 0.496 e. The summed E-state index contributed by atoms with van der Waals surface area (Å²) in [6.45, 7) is 1.93. The number of benzene rings is 1. The Bertz CT molecular complexity index is 532. The van der Waals surface area contributed by atoms with Crippen molar-refractivity contribution in [2.24, 2.45) is 0 Å². The number of carbonyl (C=O) groups is 2. The number of amides is 1. The molecular formula is C14H17NO4S. The molecule has 0 radical (unpaired) electrons. The molecule has 1 atom stereocenters. The molecule has 1 aliphatic rings. The van der Waals surface area contributed by atoms with Gasteiger partial charge in [0.25, 0.3) is 0 Å². The number of nitrogens with zero attached hydrogens (tertiary/aromatic N) is 1. The van der Waals surface area contributed by atoms with E-state index in [9.17, 15) is 9.59 Å². The molecule has 0 spiro atoms. The van der Waals surface area contributed by atoms with Gasteiger partial charge in [-0.3, -0.25) is 4.79 Å². The number of carboxylic acid groups (broad SMARTS) is 1. The summed E-state index contributed by atoms with van der Waals surface area (Å²) in [5.41, 5.74) is 1.84. The number of ether oxygens (including phenoxy) is 1. The second-order valence-electron chi connectivity index (χ2n) is 4.70. The van der Waals surface area contributed by atoms with Crippen molar-refractivity contribution < 1.29 is 19.4 Å². The van der Waals surface area contributed by atoms with Gasteiger partial charge < -0.3 is 14.7 Å². The zero-order chi connectivity index (χ0) is 14.7. The van der Waals surface area contributed by atoms with Crippen LogP contribution in [0.1, 0.15) is 11.1 Å². The van der Waals surface area contributed by atoms with Crippen LogP contribution < -0.4 is 4.74 Å². The second-order valence-corrected chi connectivity index (χ2v) is 5.70. The van der Waals surface area contributed by atoms with E-state index in [2.05, 4.69) is 0 Å². The topological polar surface area (TPSA) is 66.8 Å². The third-order valence-electron chi connectivity index (χ3n) is 3.32. The molecule has 1 aliphatic heterocycles. The molecule has 5 nitrogen and oxygen atoms in total. The number of rotatable bonds is 4. The van der Waals surface area contributed by atoms with E-state index in [0.717, 1.165) is 16.9 Å². The summed E-state index contributed by atoms with van der Waals surface area (Å²) in [4.78, 5) is 24.7. The number of carbonyl (C=O) groups excluding carboxylic acids is 1. The molecule has 0 aromatic heterocycles. The van der Waals surface area contributed by atoms with E-state index in [1.165, 1.54) is 16.7 Å². The van der Waals surface area contributed by atoms with Gasteiger partial charge in [0.15, 0.2) is 0 Å². The van der Waals surface area contributed by atoms with Crippen LogP contribution in [-0.4, -0.2) is 46.7 Å². The summed E-state index contributed by atoms with van der Waals surface area (Å²) in [5, 5.41) is 9.09. The number of methoxy groups -OCH3 is 1. The molecule has 0 bridgehead atoms. The van der Waals surface area contributed by atoms with Crippen molar-refractivity contribution in [3.8, 4) is 5.75 Å². The van der Waals surface area contributed by atoms with E-state index in [1.807, 2.05) is 25.1 Å². The van der Waals surface area contributed by atoms with Crippen molar-refractivity contribution in [3.63, 3.8) is 0 Å². The first kappa shape index (κ1) is 14.7. The number of hydrogen-bond acceptors (Lipinski definition) is 4. The maximum absolute atomic E-state index is 12.2. The fourth-order valence-electron chi connectivity index (χ4n) is 2.14. The normalized spacial score (nSPS) is 18.1. The van der Waals surface area contributed by atoms with Crippen LogP contribution in [0.2, 0.25) is 0 Å². The summed E-state index contributed by atoms with van der Waals surface area (Å²) < 4.78 is 5.23. The van der Waals surface area contributed by atoms with Gasteiger partial charge in [-0.15, -0.1) is 11.8 Å². The molecule has 1 aromatic rings. The SMILES string of the molecule is COc1cc(CC(=O)N2CSCC2C(=O)O)ccc1C. The van der Waals surface area contributed by atoms with E-state index < -0.39 is 12.0 Å². The standard InChI is InChI=1S/C14H17NO4S/c1-9-3-4-10(5-12(9)19-2)6-13(16)15-8-20-7-11(15)14(17)18/h3-5,11H,6-8H2,1-2H3,(H,17,18). The Morgan fingerprint density at radius 3 is 2.90 bits per heavy atom. The Morgan fingerprint density at radius 1 is 1.50 bits per heavy atom. The summed E-state index contributed by atoms with van der Waals surface area (Å²) in [6.07, 6.45) is 0.195. The number of thioether (sulfide) groups is 1. The van der Waals surface area contributed by atoms with Gasteiger partial charge in [-0.2, -0.15) is 0 Å². The van der Waals surface area contributed by atoms with E-state index in [-0.39, 0.29) is 12.3 Å². The van der Waals surface area contributed by atoms with Crippen LogP contribution in [0.4, 0.5) is 0 Å². The molecule has 6 heteroatoms. The van der Waals surface area contributed by atoms with Gasteiger partial charge in [-0.25, -0.2) is 4.79 Å². The molecule has 0 saturated carbocycles. The second kappa shape index (κ2) is 6.17. The maximum Gasteiger partial charge on any atom is 0.327 e. The van der Waals surface area contributed by atoms with Gasteiger partial charge in [0.2, 0.25) is 5.91 Å². The van der Waals surface area contributed by atoms with Gasteiger partial charge in [0.1, 0.15) is 11.8 Å². The molecule has 108 valence electrons. The third kappa shape index (κ3) is 3.07. The molecule has 1 heterocycles. The Kier molecular flexibility index (Phi) is 4.54. The van der Waals surface area contributed by atoms with Crippen molar-refractivity contribution in [1.29, 1.82) is 0 Å². The summed E-state index contributed by atoms with van der Waals surface area (Å²) in [5.74, 6) is 0.538. The van der Waals surface area contributed by atoms with Crippen LogP contribution >= 0.6 is 11.8 Å². The number of hydrogen-bond donors (Lipinski definition) is 1. The zero-order valence-electron chi connectivity index (χ0n) is 11.5. The predicted molar refractivity (Wildman–Crippen MR) is 77.0 cm³/mol. The predicted octanol–water partition coefficient (Wildman–Crippen LogP) is 1.53. The molecule has 2 rings (SSSR count). The van der Waals surface area contributed by atoms with Crippen LogP contribution in [0.3, 0.4) is 0 Å². The minimum Gasteiger partial charge on any atom is -0.496 e. The van der Waals surface area contributed by atoms with Crippen molar-refractivity contribution in [3.05, 3.63) is 29.3 Å². The summed E-state index contributed by atoms with van der Waals surface area (Å²) in [6, 6.07) is 4.88. The highest BCUT2D eigenvalue weighted by Crippen LogP contribution is 2.24. The molecule has 1 unspecified atom stereocenters. The average Bonchev–Trinajstić information content (AvgIpc) is 2.90. The van der Waals surface area contributed by atoms with Crippen molar-refractivity contribution >= 4 is 23.6 Å². The molecule has 20 heavy (non-hydrogen) atoms. The van der Waals surface area contributed by atoms with Crippen LogP contribution in [0.15, 0.2) is 18.2 Å². The van der Waals surface area contributed by atoms with Crippen LogP contribution in [0.5, 0.6) is 5.75 Å². The fraction of sp³-hybridized carbons (Fsp3) is 0.429. The van der Waals surface area contributed by atoms with Gasteiger partial charge in [-0.05, 0) is 24.1 Å². The minimum absolute atomic E-state index is 0.159. The minimum atomic E-state index is -0.940. The molecule has 1 amide bonds. The van der Waals surface area contributed by atoms with Crippen molar-refractivity contribution in [1.82, 2.24) is 4.90 Å². The van der Waals surface area contributed by atoms with E-state index >= 15 is 0 Å². The van der Waals surface area contributed by atoms with Crippen molar-refractivity contribution in [2.75, 3.05) is 18.7 Å². The molecule has 1 fully saturated rings. The molecule has 1 aromatic carbocycles. The Labute approximate surface area is 121 Å². The number of aryl methyl sites for hydroxylation is 1. The van der Waals surface area contributed by atoms with E-state index in [4.69, 9.17) is 9.84 Å². The lowest BCUT2D eigenvalue weighted by atomic mass is 10.1. The number of carboxylic acids is 1. The lowest BCUT2D eigenvalue weighted by Gasteiger charge is -2.20. The zero-order valence-corrected chi connectivity index (χ0v) is 12.3. The first-order valence-electron chi connectivity index (χ1n) is 6.26. The van der Waals surface area contributed by atoms with Gasteiger partial charge in [0, 0.05) is 5.75 Å². The average molecular weight is 295 g/mol. The maximum atomic E-state index is 12.2. The Balaban J connectivity index is 2.09. The first-order chi connectivity index (χ1) is 9.52. The first-order valence-corrected chi connectivity index (χ1v) is 7.42. The van der Waals surface area contributed by atoms with E-state index in [0.29, 0.717) is 11.6 Å². The van der Waals surface area contributed by atoms with Crippen LogP contribution in [0.25, 0.3) is 0 Å². The molecule has 1 N–H and O–H groups in total. The number of aliphatic carboxylic acids is 1. The Morgan fingerprint density at radius 2 is 2.25 bits per heavy atom. The highest BCUT2D eigenvalue weighted by atomic mass is 32.2. The summed E-state index contributed by atoms with van der Waals surface area (Å²) >= 11 is 1.47. The monoisotopic (exact) mass is 295 g/mol. The highest BCUT2D eigenvalue weighted by molar-refractivity contribution is 7.99. The molecular weight excluding hydrogens is 278 g/mol. The van der Waals surface area contributed by atoms with Gasteiger partial charge >= 0.3 is 5.97 Å². The lowest BCUT2D eigenvalue weighted by Crippen LogP contribution is -2.42. The van der Waals surface area contributed by atoms with Crippen LogP contribution in [0, 0.1) is 6.92 Å².